The summed E-state index contributed by atoms with van der Waals surface area (Å²) in [5, 5.41) is 16.5. The molecule has 2 rings (SSSR count). The van der Waals surface area contributed by atoms with Crippen LogP contribution in [0.5, 0.6) is 0 Å². The van der Waals surface area contributed by atoms with E-state index in [0.29, 0.717) is 5.84 Å². The molecule has 0 unspecified atom stereocenters. The molecule has 6 heteroatoms. The van der Waals surface area contributed by atoms with Crippen LogP contribution in [0.3, 0.4) is 0 Å². The van der Waals surface area contributed by atoms with Crippen molar-refractivity contribution in [3.63, 3.8) is 0 Å². The highest BCUT2D eigenvalue weighted by Crippen LogP contribution is 2.15. The number of hydrogen-bond donors (Lipinski definition) is 3. The Hall–Kier alpha value is -0.690. The molecule has 0 aliphatic carbocycles. The van der Waals surface area contributed by atoms with Gasteiger partial charge in [-0.1, -0.05) is 25.1 Å². The number of anilines is 1. The van der Waals surface area contributed by atoms with E-state index >= 15 is 0 Å². The third-order valence-electron chi connectivity index (χ3n) is 2.80. The predicted octanol–water partition coefficient (Wildman–Crippen LogP) is 4.49. The van der Waals surface area contributed by atoms with Gasteiger partial charge in [0.15, 0.2) is 0 Å². The molecule has 1 aromatic carbocycles. The molecular formula is C15H21Br2N3S. The first kappa shape index (κ1) is 20.3. The molecule has 2 aromatic rings. The van der Waals surface area contributed by atoms with Crippen LogP contribution in [0.15, 0.2) is 41.8 Å². The lowest BCUT2D eigenvalue weighted by molar-refractivity contribution is 0.717. The van der Waals surface area contributed by atoms with Gasteiger partial charge in [0.05, 0.1) is 4.88 Å². The molecule has 0 amide bonds. The number of nitrogens with one attached hydrogen (secondary N) is 3. The molecular weight excluding hydrogens is 414 g/mol. The number of thiophene rings is 1. The number of halogens is 2. The van der Waals surface area contributed by atoms with Gasteiger partial charge in [-0.2, -0.15) is 0 Å². The zero-order valence-electron chi connectivity index (χ0n) is 11.9. The zero-order chi connectivity index (χ0) is 13.5. The lowest BCUT2D eigenvalue weighted by Crippen LogP contribution is -2.16. The van der Waals surface area contributed by atoms with Crippen LogP contribution in [0.25, 0.3) is 0 Å². The standard InChI is InChI=1S/C15H19N3S.2BrH/c1-2-17-9-8-12-5-3-6-13(11-12)18-15(16)14-7-4-10-19-14;;/h3-7,10-11,17H,2,8-9H2,1H3,(H2,16,18);2*1H. The minimum atomic E-state index is 0. The summed E-state index contributed by atoms with van der Waals surface area (Å²) in [7, 11) is 0. The fourth-order valence-corrected chi connectivity index (χ4v) is 2.47. The SMILES string of the molecule is Br.Br.CCNCCc1cccc(NC(=N)c2cccs2)c1. The van der Waals surface area contributed by atoms with Crippen molar-refractivity contribution in [3.8, 4) is 0 Å². The molecule has 0 radical (unpaired) electrons. The maximum Gasteiger partial charge on any atom is 0.140 e. The quantitative estimate of drug-likeness (QED) is 0.356. The van der Waals surface area contributed by atoms with Gasteiger partial charge in [-0.3, -0.25) is 5.41 Å². The second kappa shape index (κ2) is 11.0. The smallest absolute Gasteiger partial charge is 0.140 e. The second-order valence-electron chi connectivity index (χ2n) is 4.28. The normalized spacial score (nSPS) is 9.38. The summed E-state index contributed by atoms with van der Waals surface area (Å²) in [6, 6.07) is 12.2. The second-order valence-corrected chi connectivity index (χ2v) is 5.23. The van der Waals surface area contributed by atoms with Crippen molar-refractivity contribution in [2.75, 3.05) is 18.4 Å². The largest absolute Gasteiger partial charge is 0.340 e. The maximum atomic E-state index is 8.01. The molecule has 0 saturated heterocycles. The number of amidine groups is 1. The zero-order valence-corrected chi connectivity index (χ0v) is 16.1. The van der Waals surface area contributed by atoms with E-state index in [1.807, 2.05) is 29.6 Å². The molecule has 21 heavy (non-hydrogen) atoms. The van der Waals surface area contributed by atoms with E-state index in [-0.39, 0.29) is 34.0 Å². The maximum absolute atomic E-state index is 8.01. The molecule has 3 nitrogen and oxygen atoms in total. The Bertz CT molecular complexity index is 529. The third-order valence-corrected chi connectivity index (χ3v) is 3.69. The summed E-state index contributed by atoms with van der Waals surface area (Å²) in [6.07, 6.45) is 1.01. The number of likely N-dealkylation sites (N-methyl/N-ethyl adjacent to an activating group) is 1. The molecule has 0 aliphatic rings. The summed E-state index contributed by atoms with van der Waals surface area (Å²) in [4.78, 5) is 0.957. The van der Waals surface area contributed by atoms with Gasteiger partial charge in [-0.05, 0) is 48.7 Å². The molecule has 0 fully saturated rings. The highest BCUT2D eigenvalue weighted by atomic mass is 79.9. The minimum absolute atomic E-state index is 0. The van der Waals surface area contributed by atoms with E-state index in [1.54, 1.807) is 11.3 Å². The number of benzene rings is 1. The van der Waals surface area contributed by atoms with Crippen molar-refractivity contribution >= 4 is 56.8 Å². The first-order valence-corrected chi connectivity index (χ1v) is 7.36. The van der Waals surface area contributed by atoms with Crippen LogP contribution in [-0.2, 0) is 6.42 Å². The summed E-state index contributed by atoms with van der Waals surface area (Å²) in [5.74, 6) is 0.457. The van der Waals surface area contributed by atoms with Crippen LogP contribution in [0.1, 0.15) is 17.4 Å². The summed E-state index contributed by atoms with van der Waals surface area (Å²) in [6.45, 7) is 4.10. The van der Waals surface area contributed by atoms with Gasteiger partial charge >= 0.3 is 0 Å². The molecule has 0 bridgehead atoms. The van der Waals surface area contributed by atoms with Gasteiger partial charge in [0.2, 0.25) is 0 Å². The molecule has 3 N–H and O–H groups in total. The average molecular weight is 435 g/mol. The predicted molar refractivity (Wildman–Crippen MR) is 104 cm³/mol. The topological polar surface area (TPSA) is 47.9 Å². The van der Waals surface area contributed by atoms with Crippen LogP contribution < -0.4 is 10.6 Å². The van der Waals surface area contributed by atoms with Crippen LogP contribution >= 0.6 is 45.3 Å². The van der Waals surface area contributed by atoms with E-state index in [4.69, 9.17) is 5.41 Å². The van der Waals surface area contributed by atoms with Gasteiger partial charge in [-0.15, -0.1) is 45.3 Å². The lowest BCUT2D eigenvalue weighted by atomic mass is 10.1. The first-order chi connectivity index (χ1) is 9.29. The summed E-state index contributed by atoms with van der Waals surface area (Å²) < 4.78 is 0. The van der Waals surface area contributed by atoms with E-state index in [0.717, 1.165) is 30.1 Å². The lowest BCUT2D eigenvalue weighted by Gasteiger charge is -2.08. The number of rotatable bonds is 6. The van der Waals surface area contributed by atoms with Gasteiger partial charge in [-0.25, -0.2) is 0 Å². The Labute approximate surface area is 151 Å². The van der Waals surface area contributed by atoms with Crippen molar-refractivity contribution in [1.29, 1.82) is 5.41 Å². The highest BCUT2D eigenvalue weighted by molar-refractivity contribution is 8.93. The first-order valence-electron chi connectivity index (χ1n) is 6.48. The van der Waals surface area contributed by atoms with E-state index in [1.165, 1.54) is 5.56 Å². The van der Waals surface area contributed by atoms with Crippen LogP contribution in [0, 0.1) is 5.41 Å². The molecule has 1 aromatic heterocycles. The van der Waals surface area contributed by atoms with E-state index in [9.17, 15) is 0 Å². The Kier molecular flexibility index (Phi) is 10.6. The van der Waals surface area contributed by atoms with Crippen molar-refractivity contribution < 1.29 is 0 Å². The van der Waals surface area contributed by atoms with Crippen molar-refractivity contribution in [2.24, 2.45) is 0 Å². The molecule has 0 spiro atoms. The van der Waals surface area contributed by atoms with Crippen LogP contribution in [-0.4, -0.2) is 18.9 Å². The van der Waals surface area contributed by atoms with Gasteiger partial charge < -0.3 is 10.6 Å². The van der Waals surface area contributed by atoms with Gasteiger partial charge in [0.1, 0.15) is 5.84 Å². The van der Waals surface area contributed by atoms with Crippen molar-refractivity contribution in [3.05, 3.63) is 52.2 Å². The monoisotopic (exact) mass is 433 g/mol. The minimum Gasteiger partial charge on any atom is -0.340 e. The molecule has 116 valence electrons. The fourth-order valence-electron chi connectivity index (χ4n) is 1.84. The number of hydrogen-bond acceptors (Lipinski definition) is 3. The van der Waals surface area contributed by atoms with Crippen molar-refractivity contribution in [2.45, 2.75) is 13.3 Å². The molecule has 1 heterocycles. The molecule has 0 saturated carbocycles. The van der Waals surface area contributed by atoms with Gasteiger partial charge in [0, 0.05) is 5.69 Å². The van der Waals surface area contributed by atoms with E-state index < -0.39 is 0 Å². The Morgan fingerprint density at radius 2 is 2.00 bits per heavy atom. The Balaban J connectivity index is 0.00000200. The molecule has 0 aliphatic heterocycles. The Morgan fingerprint density at radius 1 is 1.19 bits per heavy atom. The average Bonchev–Trinajstić information content (AvgIpc) is 2.93. The summed E-state index contributed by atoms with van der Waals surface area (Å²) >= 11 is 1.57. The third kappa shape index (κ3) is 6.74. The Morgan fingerprint density at radius 3 is 2.67 bits per heavy atom. The van der Waals surface area contributed by atoms with Crippen LogP contribution in [0.4, 0.5) is 5.69 Å². The van der Waals surface area contributed by atoms with Crippen molar-refractivity contribution in [1.82, 2.24) is 5.32 Å². The molecule has 0 atom stereocenters. The fraction of sp³-hybridized carbons (Fsp3) is 0.267. The summed E-state index contributed by atoms with van der Waals surface area (Å²) in [5.41, 5.74) is 2.26. The van der Waals surface area contributed by atoms with Crippen LogP contribution in [0.2, 0.25) is 0 Å². The van der Waals surface area contributed by atoms with Gasteiger partial charge in [0.25, 0.3) is 0 Å². The van der Waals surface area contributed by atoms with E-state index in [2.05, 4.69) is 29.7 Å². The highest BCUT2D eigenvalue weighted by Gasteiger charge is 2.03.